The topological polar surface area (TPSA) is 62.2 Å². The van der Waals surface area contributed by atoms with Gasteiger partial charge < -0.3 is 10.4 Å². The van der Waals surface area contributed by atoms with Crippen molar-refractivity contribution in [1.82, 2.24) is 4.98 Å². The average molecular weight is 405 g/mol. The van der Waals surface area contributed by atoms with Crippen LogP contribution in [0.1, 0.15) is 45.8 Å². The molecule has 4 nitrogen and oxygen atoms in total. The minimum absolute atomic E-state index is 0.265. The number of aromatic nitrogens is 1. The molecule has 0 saturated carbocycles. The maximum atomic E-state index is 11.4. The fraction of sp³-hybridized carbons (Fsp3) is 0.250. The van der Waals surface area contributed by atoms with Gasteiger partial charge in [0, 0.05) is 28.5 Å². The summed E-state index contributed by atoms with van der Waals surface area (Å²) < 4.78 is 0. The van der Waals surface area contributed by atoms with E-state index < -0.39 is 5.97 Å². The van der Waals surface area contributed by atoms with Crippen LogP contribution in [0.5, 0.6) is 0 Å². The lowest BCUT2D eigenvalue weighted by Crippen LogP contribution is -2.19. The van der Waals surface area contributed by atoms with E-state index in [4.69, 9.17) is 0 Å². The molecule has 0 radical (unpaired) electrons. The molecule has 0 amide bonds. The second-order valence-corrected chi connectivity index (χ2v) is 8.54. The van der Waals surface area contributed by atoms with Crippen LogP contribution in [0.15, 0.2) is 70.7 Å². The lowest BCUT2D eigenvalue weighted by molar-refractivity contribution is 0.0698. The molecule has 29 heavy (non-hydrogen) atoms. The summed E-state index contributed by atoms with van der Waals surface area (Å²) in [6.45, 7) is 2.86. The van der Waals surface area contributed by atoms with Crippen molar-refractivity contribution in [2.75, 3.05) is 11.9 Å². The van der Waals surface area contributed by atoms with E-state index in [1.165, 1.54) is 38.7 Å². The molecule has 148 valence electrons. The first-order chi connectivity index (χ1) is 14.1. The summed E-state index contributed by atoms with van der Waals surface area (Å²) in [4.78, 5) is 18.0. The van der Waals surface area contributed by atoms with Gasteiger partial charge in [0.2, 0.25) is 0 Å². The van der Waals surface area contributed by atoms with Gasteiger partial charge in [0.15, 0.2) is 0 Å². The number of nitrogens with one attached hydrogen (secondary N) is 1. The SMILES string of the molecule is Cc1ccccc1Sc1ccc2c(c1)CCC[C@H]2CNc1cnccc1C(=O)O. The number of carboxylic acids is 1. The average Bonchev–Trinajstić information content (AvgIpc) is 2.74. The zero-order valence-corrected chi connectivity index (χ0v) is 17.2. The van der Waals surface area contributed by atoms with Crippen molar-refractivity contribution in [1.29, 1.82) is 0 Å². The molecular formula is C24H24N2O2S. The quantitative estimate of drug-likeness (QED) is 0.546. The minimum atomic E-state index is -0.934. The summed E-state index contributed by atoms with van der Waals surface area (Å²) in [5, 5.41) is 12.7. The maximum absolute atomic E-state index is 11.4. The number of carbonyl (C=O) groups is 1. The summed E-state index contributed by atoms with van der Waals surface area (Å²) in [5.41, 5.74) is 4.92. The predicted molar refractivity (Wildman–Crippen MR) is 117 cm³/mol. The molecule has 0 fully saturated rings. The molecule has 2 aromatic carbocycles. The number of hydrogen-bond donors (Lipinski definition) is 2. The van der Waals surface area contributed by atoms with Crippen LogP contribution < -0.4 is 5.32 Å². The number of pyridine rings is 1. The van der Waals surface area contributed by atoms with Crippen molar-refractivity contribution in [2.45, 2.75) is 41.9 Å². The maximum Gasteiger partial charge on any atom is 0.337 e. The van der Waals surface area contributed by atoms with Crippen molar-refractivity contribution in [3.8, 4) is 0 Å². The third kappa shape index (κ3) is 4.46. The number of hydrogen-bond acceptors (Lipinski definition) is 4. The van der Waals surface area contributed by atoms with Gasteiger partial charge in [-0.15, -0.1) is 0 Å². The Bertz CT molecular complexity index is 1030. The normalized spacial score (nSPS) is 15.6. The molecule has 1 aromatic heterocycles. The van der Waals surface area contributed by atoms with Gasteiger partial charge in [-0.25, -0.2) is 4.79 Å². The molecule has 1 atom stereocenters. The van der Waals surface area contributed by atoms with Crippen LogP contribution in [0.4, 0.5) is 5.69 Å². The van der Waals surface area contributed by atoms with Gasteiger partial charge in [-0.05, 0) is 67.1 Å². The van der Waals surface area contributed by atoms with E-state index in [-0.39, 0.29) is 5.56 Å². The number of fused-ring (bicyclic) bond motifs is 1. The van der Waals surface area contributed by atoms with E-state index in [1.54, 1.807) is 6.20 Å². The van der Waals surface area contributed by atoms with Crippen molar-refractivity contribution in [3.05, 3.63) is 83.2 Å². The van der Waals surface area contributed by atoms with Crippen molar-refractivity contribution < 1.29 is 9.90 Å². The van der Waals surface area contributed by atoms with Gasteiger partial charge in [0.05, 0.1) is 17.4 Å². The van der Waals surface area contributed by atoms with Crippen molar-refractivity contribution in [3.63, 3.8) is 0 Å². The van der Waals surface area contributed by atoms with Gasteiger partial charge in [-0.2, -0.15) is 0 Å². The molecule has 2 N–H and O–H groups in total. The fourth-order valence-electron chi connectivity index (χ4n) is 3.92. The number of rotatable bonds is 6. The number of aromatic carboxylic acids is 1. The smallest absolute Gasteiger partial charge is 0.337 e. The lowest BCUT2D eigenvalue weighted by Gasteiger charge is -2.27. The van der Waals surface area contributed by atoms with E-state index in [0.29, 0.717) is 18.2 Å². The molecule has 1 aliphatic rings. The molecule has 0 aliphatic heterocycles. The molecule has 0 spiro atoms. The van der Waals surface area contributed by atoms with E-state index in [9.17, 15) is 9.90 Å². The predicted octanol–water partition coefficient (Wildman–Crippen LogP) is 5.77. The zero-order chi connectivity index (χ0) is 20.2. The summed E-state index contributed by atoms with van der Waals surface area (Å²) in [6, 6.07) is 16.8. The molecule has 0 unspecified atom stereocenters. The van der Waals surface area contributed by atoms with Crippen LogP contribution >= 0.6 is 11.8 Å². The first-order valence-corrected chi connectivity index (χ1v) is 10.7. The van der Waals surface area contributed by atoms with Gasteiger partial charge in [0.1, 0.15) is 0 Å². The Morgan fingerprint density at radius 2 is 2.10 bits per heavy atom. The van der Waals surface area contributed by atoms with Crippen LogP contribution in [0.3, 0.4) is 0 Å². The third-order valence-corrected chi connectivity index (χ3v) is 6.63. The van der Waals surface area contributed by atoms with Crippen molar-refractivity contribution in [2.24, 2.45) is 0 Å². The molecule has 1 aliphatic carbocycles. The van der Waals surface area contributed by atoms with Crippen LogP contribution in [0.25, 0.3) is 0 Å². The second-order valence-electron chi connectivity index (χ2n) is 7.42. The second kappa shape index (κ2) is 8.70. The van der Waals surface area contributed by atoms with Gasteiger partial charge in [0.25, 0.3) is 0 Å². The molecule has 3 aromatic rings. The molecular weight excluding hydrogens is 380 g/mol. The molecule has 1 heterocycles. The first-order valence-electron chi connectivity index (χ1n) is 9.89. The Morgan fingerprint density at radius 3 is 2.93 bits per heavy atom. The van der Waals surface area contributed by atoms with Gasteiger partial charge >= 0.3 is 5.97 Å². The number of benzene rings is 2. The summed E-state index contributed by atoms with van der Waals surface area (Å²) in [7, 11) is 0. The Morgan fingerprint density at radius 1 is 1.24 bits per heavy atom. The lowest BCUT2D eigenvalue weighted by atomic mass is 9.83. The zero-order valence-electron chi connectivity index (χ0n) is 16.4. The van der Waals surface area contributed by atoms with Crippen LogP contribution in [-0.2, 0) is 6.42 Å². The fourth-order valence-corrected chi connectivity index (χ4v) is 4.89. The Hall–Kier alpha value is -2.79. The first kappa shape index (κ1) is 19.5. The highest BCUT2D eigenvalue weighted by molar-refractivity contribution is 7.99. The molecule has 5 heteroatoms. The minimum Gasteiger partial charge on any atom is -0.478 e. The highest BCUT2D eigenvalue weighted by atomic mass is 32.2. The Labute approximate surface area is 175 Å². The molecule has 0 saturated heterocycles. The van der Waals surface area contributed by atoms with Crippen LogP contribution in [0.2, 0.25) is 0 Å². The van der Waals surface area contributed by atoms with E-state index in [0.717, 1.165) is 19.3 Å². The van der Waals surface area contributed by atoms with Crippen LogP contribution in [0, 0.1) is 6.92 Å². The Balaban J connectivity index is 1.50. The van der Waals surface area contributed by atoms with Gasteiger partial charge in [-0.1, -0.05) is 36.0 Å². The number of carboxylic acid groups (broad SMARTS) is 1. The van der Waals surface area contributed by atoms with E-state index in [1.807, 2.05) is 11.8 Å². The van der Waals surface area contributed by atoms with E-state index in [2.05, 4.69) is 59.7 Å². The van der Waals surface area contributed by atoms with E-state index >= 15 is 0 Å². The van der Waals surface area contributed by atoms with Crippen molar-refractivity contribution >= 4 is 23.4 Å². The van der Waals surface area contributed by atoms with Crippen LogP contribution in [-0.4, -0.2) is 22.6 Å². The highest BCUT2D eigenvalue weighted by Gasteiger charge is 2.21. The summed E-state index contributed by atoms with van der Waals surface area (Å²) in [6.07, 6.45) is 6.46. The summed E-state index contributed by atoms with van der Waals surface area (Å²) >= 11 is 1.81. The van der Waals surface area contributed by atoms with Gasteiger partial charge in [-0.3, -0.25) is 4.98 Å². The number of nitrogens with zero attached hydrogens (tertiary/aromatic N) is 1. The largest absolute Gasteiger partial charge is 0.478 e. The standard InChI is InChI=1S/C24H24N2O2S/c1-16-5-2-3-8-23(16)29-19-9-10-20-17(13-19)6-4-7-18(20)14-26-22-15-25-12-11-21(22)24(27)28/h2-3,5,8-13,15,18,26H,4,6-7,14H2,1H3,(H,27,28)/t18-/m0/s1. The summed E-state index contributed by atoms with van der Waals surface area (Å²) in [5.74, 6) is -0.560. The molecule has 0 bridgehead atoms. The third-order valence-electron chi connectivity index (χ3n) is 5.46. The Kier molecular flexibility index (Phi) is 5.86. The number of aryl methyl sites for hydroxylation is 2. The molecule has 4 rings (SSSR count). The highest BCUT2D eigenvalue weighted by Crippen LogP contribution is 2.37. The monoisotopic (exact) mass is 404 g/mol. The number of anilines is 1.